The highest BCUT2D eigenvalue weighted by molar-refractivity contribution is 4.85. The maximum Gasteiger partial charge on any atom is 0.0678 e. The van der Waals surface area contributed by atoms with E-state index in [-0.39, 0.29) is 11.0 Å². The van der Waals surface area contributed by atoms with Crippen molar-refractivity contribution in [2.45, 2.75) is 59.2 Å². The molecule has 0 amide bonds. The van der Waals surface area contributed by atoms with Gasteiger partial charge in [0.15, 0.2) is 0 Å². The molecule has 0 spiro atoms. The van der Waals surface area contributed by atoms with Crippen LogP contribution in [-0.4, -0.2) is 24.9 Å². The summed E-state index contributed by atoms with van der Waals surface area (Å²) in [5, 5.41) is 0. The summed E-state index contributed by atoms with van der Waals surface area (Å²) in [6.07, 6.45) is 2.47. The van der Waals surface area contributed by atoms with Crippen LogP contribution in [0.2, 0.25) is 0 Å². The Morgan fingerprint density at radius 2 is 1.50 bits per heavy atom. The van der Waals surface area contributed by atoms with Gasteiger partial charge in [-0.3, -0.25) is 0 Å². The molecule has 2 nitrogen and oxygen atoms in total. The molecule has 0 aliphatic carbocycles. The lowest BCUT2D eigenvalue weighted by molar-refractivity contribution is -0.153. The molecule has 84 valence electrons. The second-order valence-corrected chi connectivity index (χ2v) is 5.69. The summed E-state index contributed by atoms with van der Waals surface area (Å²) >= 11 is 0. The Labute approximate surface area is 88.0 Å². The van der Waals surface area contributed by atoms with Gasteiger partial charge in [0.2, 0.25) is 0 Å². The van der Waals surface area contributed by atoms with E-state index >= 15 is 0 Å². The molecule has 0 saturated carbocycles. The number of hydrogen-bond acceptors (Lipinski definition) is 2. The monoisotopic (exact) mass is 200 g/mol. The molecule has 1 rings (SSSR count). The van der Waals surface area contributed by atoms with Crippen LogP contribution in [0.5, 0.6) is 0 Å². The zero-order valence-corrected chi connectivity index (χ0v) is 10.2. The van der Waals surface area contributed by atoms with Crippen molar-refractivity contribution >= 4 is 0 Å². The minimum absolute atomic E-state index is 0.0605. The predicted octanol–water partition coefficient (Wildman–Crippen LogP) is 3.01. The first-order valence-electron chi connectivity index (χ1n) is 5.58. The van der Waals surface area contributed by atoms with Crippen molar-refractivity contribution < 1.29 is 9.47 Å². The van der Waals surface area contributed by atoms with E-state index in [4.69, 9.17) is 9.47 Å². The summed E-state index contributed by atoms with van der Waals surface area (Å²) in [7, 11) is 0. The second-order valence-electron chi connectivity index (χ2n) is 5.69. The molecule has 0 radical (unpaired) electrons. The molecule has 2 heteroatoms. The zero-order chi connectivity index (χ0) is 10.8. The van der Waals surface area contributed by atoms with Crippen molar-refractivity contribution in [1.29, 1.82) is 0 Å². The molecular formula is C12H24O2. The molecule has 0 bridgehead atoms. The second kappa shape index (κ2) is 4.19. The molecule has 0 N–H and O–H groups in total. The fourth-order valence-electron chi connectivity index (χ4n) is 1.39. The smallest absolute Gasteiger partial charge is 0.0678 e. The predicted molar refractivity (Wildman–Crippen MR) is 58.5 cm³/mol. The third-order valence-corrected chi connectivity index (χ3v) is 3.44. The zero-order valence-electron chi connectivity index (χ0n) is 10.2. The van der Waals surface area contributed by atoms with Crippen LogP contribution in [0.3, 0.4) is 0 Å². The summed E-state index contributed by atoms with van der Waals surface area (Å²) in [6.45, 7) is 12.8. The normalized spacial score (nSPS) is 21.2. The van der Waals surface area contributed by atoms with E-state index in [2.05, 4.69) is 34.6 Å². The van der Waals surface area contributed by atoms with Crippen LogP contribution in [-0.2, 0) is 9.47 Å². The first-order valence-corrected chi connectivity index (χ1v) is 5.58. The molecule has 1 heterocycles. The quantitative estimate of drug-likeness (QED) is 0.682. The fourth-order valence-corrected chi connectivity index (χ4v) is 1.39. The van der Waals surface area contributed by atoms with Crippen LogP contribution in [0, 0.1) is 5.41 Å². The van der Waals surface area contributed by atoms with Crippen molar-refractivity contribution in [3.63, 3.8) is 0 Å². The molecular weight excluding hydrogens is 176 g/mol. The van der Waals surface area contributed by atoms with Gasteiger partial charge in [0.1, 0.15) is 0 Å². The fraction of sp³-hybridized carbons (Fsp3) is 1.00. The Morgan fingerprint density at radius 1 is 1.00 bits per heavy atom. The van der Waals surface area contributed by atoms with Crippen LogP contribution < -0.4 is 0 Å². The van der Waals surface area contributed by atoms with Gasteiger partial charge in [-0.05, 0) is 32.1 Å². The molecule has 0 aromatic heterocycles. The van der Waals surface area contributed by atoms with Gasteiger partial charge in [0, 0.05) is 13.2 Å². The number of ether oxygens (including phenoxy) is 2. The lowest BCUT2D eigenvalue weighted by Gasteiger charge is -2.42. The van der Waals surface area contributed by atoms with Crippen LogP contribution in [0.4, 0.5) is 0 Å². The Morgan fingerprint density at radius 3 is 1.93 bits per heavy atom. The van der Waals surface area contributed by atoms with Crippen LogP contribution in [0.1, 0.15) is 47.5 Å². The molecule has 1 saturated heterocycles. The first kappa shape index (κ1) is 12.0. The van der Waals surface area contributed by atoms with E-state index in [1.807, 2.05) is 0 Å². The van der Waals surface area contributed by atoms with E-state index in [0.717, 1.165) is 26.1 Å². The Kier molecular flexibility index (Phi) is 3.59. The standard InChI is InChI=1S/C12H24O2/c1-11(2,3)12(4,5)14-10-6-8-13-9-7-10/h10H,6-9H2,1-5H3. The van der Waals surface area contributed by atoms with E-state index < -0.39 is 0 Å². The maximum absolute atomic E-state index is 6.16. The van der Waals surface area contributed by atoms with Crippen molar-refractivity contribution in [2.75, 3.05) is 13.2 Å². The summed E-state index contributed by atoms with van der Waals surface area (Å²) in [4.78, 5) is 0. The molecule has 1 aliphatic rings. The van der Waals surface area contributed by atoms with Crippen molar-refractivity contribution in [1.82, 2.24) is 0 Å². The minimum atomic E-state index is -0.0605. The van der Waals surface area contributed by atoms with Gasteiger partial charge >= 0.3 is 0 Å². The van der Waals surface area contributed by atoms with Crippen molar-refractivity contribution in [3.8, 4) is 0 Å². The van der Waals surface area contributed by atoms with Gasteiger partial charge in [-0.15, -0.1) is 0 Å². The lowest BCUT2D eigenvalue weighted by atomic mass is 9.79. The van der Waals surface area contributed by atoms with Gasteiger partial charge in [0.05, 0.1) is 11.7 Å². The lowest BCUT2D eigenvalue weighted by Crippen LogP contribution is -2.43. The highest BCUT2D eigenvalue weighted by atomic mass is 16.5. The van der Waals surface area contributed by atoms with Gasteiger partial charge in [-0.25, -0.2) is 0 Å². The first-order chi connectivity index (χ1) is 6.33. The number of rotatable bonds is 2. The van der Waals surface area contributed by atoms with E-state index in [1.54, 1.807) is 0 Å². The molecule has 1 aliphatic heterocycles. The number of hydrogen-bond donors (Lipinski definition) is 0. The van der Waals surface area contributed by atoms with Gasteiger partial charge in [-0.1, -0.05) is 20.8 Å². The third kappa shape index (κ3) is 2.96. The maximum atomic E-state index is 6.16. The van der Waals surface area contributed by atoms with E-state index in [0.29, 0.717) is 6.10 Å². The highest BCUT2D eigenvalue weighted by Gasteiger charge is 2.36. The largest absolute Gasteiger partial charge is 0.381 e. The highest BCUT2D eigenvalue weighted by Crippen LogP contribution is 2.35. The third-order valence-electron chi connectivity index (χ3n) is 3.44. The molecule has 1 fully saturated rings. The van der Waals surface area contributed by atoms with Crippen molar-refractivity contribution in [3.05, 3.63) is 0 Å². The summed E-state index contributed by atoms with van der Waals surface area (Å²) in [6, 6.07) is 0. The van der Waals surface area contributed by atoms with Crippen LogP contribution in [0.15, 0.2) is 0 Å². The SMILES string of the molecule is CC(C)(C)C(C)(C)OC1CCOCC1. The average Bonchev–Trinajstić information content (AvgIpc) is 2.03. The Bertz CT molecular complexity index is 173. The minimum Gasteiger partial charge on any atom is -0.381 e. The summed E-state index contributed by atoms with van der Waals surface area (Å²) < 4.78 is 11.5. The molecule has 0 atom stereocenters. The Balaban J connectivity index is 2.49. The summed E-state index contributed by atoms with van der Waals surface area (Å²) in [5.74, 6) is 0. The van der Waals surface area contributed by atoms with Crippen LogP contribution in [0.25, 0.3) is 0 Å². The molecule has 14 heavy (non-hydrogen) atoms. The van der Waals surface area contributed by atoms with Gasteiger partial charge in [-0.2, -0.15) is 0 Å². The Hall–Kier alpha value is -0.0800. The van der Waals surface area contributed by atoms with E-state index in [9.17, 15) is 0 Å². The molecule has 0 aromatic rings. The van der Waals surface area contributed by atoms with Gasteiger partial charge < -0.3 is 9.47 Å². The van der Waals surface area contributed by atoms with Gasteiger partial charge in [0.25, 0.3) is 0 Å². The molecule has 0 unspecified atom stereocenters. The topological polar surface area (TPSA) is 18.5 Å². The average molecular weight is 200 g/mol. The van der Waals surface area contributed by atoms with Crippen LogP contribution >= 0.6 is 0 Å². The summed E-state index contributed by atoms with van der Waals surface area (Å²) in [5.41, 5.74) is 0.125. The molecule has 0 aromatic carbocycles. The van der Waals surface area contributed by atoms with E-state index in [1.165, 1.54) is 0 Å². The van der Waals surface area contributed by atoms with Crippen molar-refractivity contribution in [2.24, 2.45) is 5.41 Å².